The molecule has 9 heteroatoms. The van der Waals surface area contributed by atoms with Gasteiger partial charge in [0.1, 0.15) is 18.3 Å². The topological polar surface area (TPSA) is 110 Å². The van der Waals surface area contributed by atoms with Crippen molar-refractivity contribution in [3.8, 4) is 0 Å². The molecule has 0 aliphatic carbocycles. The van der Waals surface area contributed by atoms with E-state index in [0.29, 0.717) is 25.4 Å². The number of fused-ring (bicyclic) bond motifs is 3. The molecule has 0 unspecified atom stereocenters. The first kappa shape index (κ1) is 32.9. The van der Waals surface area contributed by atoms with E-state index in [1.807, 2.05) is 25.2 Å². The van der Waals surface area contributed by atoms with Gasteiger partial charge in [0.2, 0.25) is 0 Å². The van der Waals surface area contributed by atoms with E-state index in [4.69, 9.17) is 28.4 Å². The van der Waals surface area contributed by atoms with Gasteiger partial charge in [0, 0.05) is 32.8 Å². The lowest BCUT2D eigenvalue weighted by Crippen LogP contribution is -2.36. The molecular formula is C34H46O9. The first-order valence-corrected chi connectivity index (χ1v) is 15.4. The van der Waals surface area contributed by atoms with Gasteiger partial charge in [0.15, 0.2) is 6.10 Å². The number of hydrogen-bond donors (Lipinski definition) is 0. The smallest absolute Gasteiger partial charge is 0.330 e. The quantitative estimate of drug-likeness (QED) is 0.181. The van der Waals surface area contributed by atoms with Gasteiger partial charge in [0.25, 0.3) is 0 Å². The van der Waals surface area contributed by atoms with E-state index in [0.717, 1.165) is 31.3 Å². The van der Waals surface area contributed by atoms with E-state index in [1.54, 1.807) is 12.2 Å². The fourth-order valence-corrected chi connectivity index (χ4v) is 6.05. The molecule has 2 bridgehead atoms. The molecule has 4 rings (SSSR count). The summed E-state index contributed by atoms with van der Waals surface area (Å²) in [5.41, 5.74) is 2.18. The summed E-state index contributed by atoms with van der Waals surface area (Å²) < 4.78 is 35.3. The average Bonchev–Trinajstić information content (AvgIpc) is 3.68. The molecule has 4 aliphatic heterocycles. The molecule has 4 heterocycles. The molecule has 0 N–H and O–H groups in total. The van der Waals surface area contributed by atoms with E-state index >= 15 is 0 Å². The summed E-state index contributed by atoms with van der Waals surface area (Å²) in [7, 11) is 0. The molecule has 9 nitrogen and oxygen atoms in total. The van der Waals surface area contributed by atoms with Gasteiger partial charge >= 0.3 is 17.9 Å². The minimum absolute atomic E-state index is 0.0746. The van der Waals surface area contributed by atoms with Crippen LogP contribution in [0.2, 0.25) is 0 Å². The zero-order chi connectivity index (χ0) is 30.9. The lowest BCUT2D eigenvalue weighted by molar-refractivity contribution is -0.160. The van der Waals surface area contributed by atoms with Crippen LogP contribution in [0.1, 0.15) is 72.6 Å². The van der Waals surface area contributed by atoms with Crippen molar-refractivity contribution in [3.63, 3.8) is 0 Å². The van der Waals surface area contributed by atoms with Crippen molar-refractivity contribution in [2.75, 3.05) is 6.61 Å². The molecule has 0 radical (unpaired) electrons. The van der Waals surface area contributed by atoms with Gasteiger partial charge < -0.3 is 28.4 Å². The summed E-state index contributed by atoms with van der Waals surface area (Å²) in [6.07, 6.45) is 14.1. The van der Waals surface area contributed by atoms with Gasteiger partial charge in [-0.05, 0) is 51.0 Å². The highest BCUT2D eigenvalue weighted by Gasteiger charge is 2.49. The first-order valence-electron chi connectivity index (χ1n) is 15.4. The summed E-state index contributed by atoms with van der Waals surface area (Å²) in [4.78, 5) is 37.2. The Labute approximate surface area is 254 Å². The largest absolute Gasteiger partial charge is 0.459 e. The Bertz CT molecular complexity index is 1130. The van der Waals surface area contributed by atoms with Gasteiger partial charge in [-0.3, -0.25) is 9.59 Å². The predicted octanol–water partition coefficient (Wildman–Crippen LogP) is 5.25. The Morgan fingerprint density at radius 3 is 2.63 bits per heavy atom. The number of carbonyl (C=O) groups is 3. The number of cyclic esters (lactones) is 1. The molecule has 9 atom stereocenters. The Morgan fingerprint density at radius 1 is 1.07 bits per heavy atom. The van der Waals surface area contributed by atoms with Crippen molar-refractivity contribution in [3.05, 3.63) is 60.3 Å². The second kappa shape index (κ2) is 15.6. The predicted molar refractivity (Wildman–Crippen MR) is 160 cm³/mol. The highest BCUT2D eigenvalue weighted by Crippen LogP contribution is 2.37. The SMILES string of the molecule is C=C1C[C@H](C)C[C@@H]2CC=C[C@@H](CC=CC(=O)O[C@H]([C@H](C=C[C@@H]3CC(C)=CCO3)OC(C)=O)C[C@@H]3O[C@H]3[C@@H](OC(C)=O)C1)O2. The number of rotatable bonds is 5. The van der Waals surface area contributed by atoms with Gasteiger partial charge in [-0.15, -0.1) is 0 Å². The zero-order valence-electron chi connectivity index (χ0n) is 25.8. The fourth-order valence-electron chi connectivity index (χ4n) is 6.05. The van der Waals surface area contributed by atoms with Gasteiger partial charge in [-0.1, -0.05) is 55.0 Å². The van der Waals surface area contributed by atoms with Crippen LogP contribution in [-0.4, -0.2) is 73.3 Å². The third-order valence-electron chi connectivity index (χ3n) is 8.02. The van der Waals surface area contributed by atoms with Crippen molar-refractivity contribution in [1.82, 2.24) is 0 Å². The first-order chi connectivity index (χ1) is 20.5. The number of esters is 3. The second-order valence-corrected chi connectivity index (χ2v) is 12.2. The van der Waals surface area contributed by atoms with Crippen LogP contribution >= 0.6 is 0 Å². The van der Waals surface area contributed by atoms with Crippen LogP contribution in [0.25, 0.3) is 0 Å². The van der Waals surface area contributed by atoms with Crippen molar-refractivity contribution in [2.45, 2.75) is 121 Å². The minimum Gasteiger partial charge on any atom is -0.459 e. The maximum absolute atomic E-state index is 13.0. The van der Waals surface area contributed by atoms with Crippen molar-refractivity contribution in [2.24, 2.45) is 5.92 Å². The van der Waals surface area contributed by atoms with Crippen LogP contribution in [0, 0.1) is 5.92 Å². The Kier molecular flexibility index (Phi) is 12.0. The molecule has 0 saturated carbocycles. The van der Waals surface area contributed by atoms with Gasteiger partial charge in [0.05, 0.1) is 31.0 Å². The molecule has 43 heavy (non-hydrogen) atoms. The highest BCUT2D eigenvalue weighted by molar-refractivity contribution is 5.82. The Balaban J connectivity index is 1.57. The summed E-state index contributed by atoms with van der Waals surface area (Å²) in [5.74, 6) is -1.14. The van der Waals surface area contributed by atoms with Crippen LogP contribution < -0.4 is 0 Å². The number of epoxide rings is 1. The van der Waals surface area contributed by atoms with Crippen molar-refractivity contribution < 1.29 is 42.8 Å². The second-order valence-electron chi connectivity index (χ2n) is 12.2. The molecule has 0 aromatic rings. The molecule has 236 valence electrons. The summed E-state index contributed by atoms with van der Waals surface area (Å²) in [5, 5.41) is 0. The maximum atomic E-state index is 13.0. The Morgan fingerprint density at radius 2 is 1.88 bits per heavy atom. The van der Waals surface area contributed by atoms with Crippen LogP contribution in [-0.2, 0) is 42.8 Å². The third kappa shape index (κ3) is 10.9. The Hall–Kier alpha value is -3.01. The van der Waals surface area contributed by atoms with Gasteiger partial charge in [-0.2, -0.15) is 0 Å². The maximum Gasteiger partial charge on any atom is 0.330 e. The molecule has 0 spiro atoms. The zero-order valence-corrected chi connectivity index (χ0v) is 25.8. The van der Waals surface area contributed by atoms with Crippen LogP contribution in [0.3, 0.4) is 0 Å². The van der Waals surface area contributed by atoms with Crippen LogP contribution in [0.5, 0.6) is 0 Å². The van der Waals surface area contributed by atoms with Crippen molar-refractivity contribution >= 4 is 17.9 Å². The monoisotopic (exact) mass is 598 g/mol. The number of hydrogen-bond acceptors (Lipinski definition) is 9. The summed E-state index contributed by atoms with van der Waals surface area (Å²) >= 11 is 0. The number of ether oxygens (including phenoxy) is 6. The van der Waals surface area contributed by atoms with Crippen LogP contribution in [0.4, 0.5) is 0 Å². The van der Waals surface area contributed by atoms with E-state index in [1.165, 1.54) is 25.5 Å². The summed E-state index contributed by atoms with van der Waals surface area (Å²) in [6, 6.07) is 0. The molecule has 0 aromatic carbocycles. The van der Waals surface area contributed by atoms with Gasteiger partial charge in [-0.25, -0.2) is 4.79 Å². The third-order valence-corrected chi connectivity index (χ3v) is 8.02. The summed E-state index contributed by atoms with van der Waals surface area (Å²) in [6.45, 7) is 11.7. The molecule has 0 amide bonds. The molecule has 1 fully saturated rings. The molecule has 0 aromatic heterocycles. The normalized spacial score (nSPS) is 34.7. The van der Waals surface area contributed by atoms with E-state index < -0.39 is 42.3 Å². The average molecular weight is 599 g/mol. The van der Waals surface area contributed by atoms with E-state index in [2.05, 4.69) is 19.6 Å². The standard InChI is InChI=1S/C34H46O9/c1-21-14-15-38-27(17-21)12-13-29(39-24(4)35)30-20-32-34(43-32)31(40-25(5)36)19-23(3)16-22(2)18-28-10-6-8-26(41-28)9-7-11-33(37)42-30/h6-8,11-14,22,26-32,34H,3,9-10,15-20H2,1-2,4-5H3/t22-,26-,27+,28-,29-,30-,31-,32-,34-/m0/s1. The number of carbonyl (C=O) groups excluding carboxylic acids is 3. The fraction of sp³-hybridized carbons (Fsp3) is 0.618. The lowest BCUT2D eigenvalue weighted by Gasteiger charge is -2.28. The molecule has 4 aliphatic rings. The minimum atomic E-state index is -0.867. The highest BCUT2D eigenvalue weighted by atomic mass is 16.6. The molecular weight excluding hydrogens is 552 g/mol. The van der Waals surface area contributed by atoms with E-state index in [9.17, 15) is 14.4 Å². The van der Waals surface area contributed by atoms with E-state index in [-0.39, 0.29) is 30.8 Å². The molecule has 1 saturated heterocycles. The lowest BCUT2D eigenvalue weighted by atomic mass is 9.90. The van der Waals surface area contributed by atoms with Crippen LogP contribution in [0.15, 0.2) is 60.3 Å². The van der Waals surface area contributed by atoms with Crippen molar-refractivity contribution in [1.29, 1.82) is 0 Å².